The van der Waals surface area contributed by atoms with Crippen LogP contribution in [0.15, 0.2) is 60.8 Å². The second-order valence-corrected chi connectivity index (χ2v) is 22.2. The maximum absolute atomic E-state index is 13.1. The quantitative estimate of drug-likeness (QED) is 0.0261. The summed E-state index contributed by atoms with van der Waals surface area (Å²) in [5.41, 5.74) is 0. The number of unbranched alkanes of at least 4 members (excludes halogenated alkanes) is 37. The molecule has 438 valence electrons. The summed E-state index contributed by atoms with van der Waals surface area (Å²) in [5, 5.41) is 54.5. The standard InChI is InChI=1S/C66H121NO8/c1-3-5-7-9-11-13-15-17-18-19-20-21-22-23-24-25-26-27-28-29-30-31-32-33-34-35-36-37-38-39-40-41-42-44-46-48-50-52-54-56-62(70)67-59(58-74-66-65(73)64(72)63(71)61(57-68)75-66)60(69)55-53-51-49-47-45-43-16-14-12-10-8-6-4-2/h5,7,11,13,17-18,20-21,53,55,59-61,63-66,68-69,71-73H,3-4,6,8-10,12,14-16,19,22-52,54,56-58H2,1-2H3,(H,67,70)/b7-5-,13-11-,18-17-,21-20-,55-53+. The van der Waals surface area contributed by atoms with E-state index in [9.17, 15) is 30.3 Å². The average molecular weight is 1060 g/mol. The van der Waals surface area contributed by atoms with Gasteiger partial charge in [-0.25, -0.2) is 0 Å². The Bertz CT molecular complexity index is 1360. The molecule has 0 saturated carbocycles. The zero-order valence-corrected chi connectivity index (χ0v) is 48.8. The molecule has 1 heterocycles. The number of ether oxygens (including phenoxy) is 2. The van der Waals surface area contributed by atoms with Crippen LogP contribution in [0.4, 0.5) is 0 Å². The van der Waals surface area contributed by atoms with Gasteiger partial charge in [-0.15, -0.1) is 0 Å². The van der Waals surface area contributed by atoms with Crippen LogP contribution in [0.2, 0.25) is 0 Å². The molecule has 0 aliphatic carbocycles. The van der Waals surface area contributed by atoms with Gasteiger partial charge in [-0.05, 0) is 57.8 Å². The van der Waals surface area contributed by atoms with Crippen molar-refractivity contribution in [3.05, 3.63) is 60.8 Å². The van der Waals surface area contributed by atoms with Crippen LogP contribution in [0, 0.1) is 0 Å². The van der Waals surface area contributed by atoms with E-state index in [-0.39, 0.29) is 12.5 Å². The van der Waals surface area contributed by atoms with Crippen molar-refractivity contribution in [1.82, 2.24) is 5.32 Å². The van der Waals surface area contributed by atoms with Gasteiger partial charge in [-0.3, -0.25) is 4.79 Å². The predicted molar refractivity (Wildman–Crippen MR) is 318 cm³/mol. The molecule has 0 aromatic carbocycles. The van der Waals surface area contributed by atoms with Gasteiger partial charge in [-0.2, -0.15) is 0 Å². The number of carbonyl (C=O) groups excluding carboxylic acids is 1. The first-order valence-corrected chi connectivity index (χ1v) is 32.0. The molecule has 1 aliphatic rings. The summed E-state index contributed by atoms with van der Waals surface area (Å²) in [4.78, 5) is 13.1. The second-order valence-electron chi connectivity index (χ2n) is 22.2. The molecule has 0 aromatic rings. The minimum Gasteiger partial charge on any atom is -0.394 e. The zero-order chi connectivity index (χ0) is 54.3. The number of rotatable bonds is 55. The Labute approximate surface area is 462 Å². The van der Waals surface area contributed by atoms with Crippen LogP contribution in [0.25, 0.3) is 0 Å². The van der Waals surface area contributed by atoms with Crippen LogP contribution in [-0.4, -0.2) is 87.5 Å². The van der Waals surface area contributed by atoms with Crippen LogP contribution in [0.1, 0.15) is 296 Å². The first-order valence-electron chi connectivity index (χ1n) is 32.0. The first kappa shape index (κ1) is 70.9. The normalized spacial score (nSPS) is 19.3. The lowest BCUT2D eigenvalue weighted by atomic mass is 9.99. The smallest absolute Gasteiger partial charge is 0.220 e. The third-order valence-corrected chi connectivity index (χ3v) is 15.1. The number of hydrogen-bond acceptors (Lipinski definition) is 8. The largest absolute Gasteiger partial charge is 0.394 e. The Morgan fingerprint density at radius 1 is 0.467 bits per heavy atom. The van der Waals surface area contributed by atoms with Crippen molar-refractivity contribution >= 4 is 5.91 Å². The molecular formula is C66H121NO8. The highest BCUT2D eigenvalue weighted by atomic mass is 16.7. The fourth-order valence-electron chi connectivity index (χ4n) is 10.1. The molecule has 6 N–H and O–H groups in total. The van der Waals surface area contributed by atoms with Crippen molar-refractivity contribution in [2.24, 2.45) is 0 Å². The number of aliphatic hydroxyl groups excluding tert-OH is 5. The van der Waals surface area contributed by atoms with Gasteiger partial charge in [0, 0.05) is 6.42 Å². The lowest BCUT2D eigenvalue weighted by molar-refractivity contribution is -0.302. The van der Waals surface area contributed by atoms with Gasteiger partial charge in [0.2, 0.25) is 5.91 Å². The van der Waals surface area contributed by atoms with E-state index in [1.807, 2.05) is 6.08 Å². The summed E-state index contributed by atoms with van der Waals surface area (Å²) < 4.78 is 11.3. The predicted octanol–water partition coefficient (Wildman–Crippen LogP) is 16.6. The molecule has 1 rings (SSSR count). The maximum atomic E-state index is 13.1. The third-order valence-electron chi connectivity index (χ3n) is 15.1. The van der Waals surface area contributed by atoms with Crippen molar-refractivity contribution in [2.45, 2.75) is 339 Å². The Morgan fingerprint density at radius 2 is 0.827 bits per heavy atom. The summed E-state index contributed by atoms with van der Waals surface area (Å²) in [6.07, 6.45) is 69.0. The summed E-state index contributed by atoms with van der Waals surface area (Å²) in [5.74, 6) is -0.173. The Balaban J connectivity index is 2.03. The fraction of sp³-hybridized carbons (Fsp3) is 0.833. The molecule has 0 radical (unpaired) electrons. The van der Waals surface area contributed by atoms with Crippen LogP contribution in [0.5, 0.6) is 0 Å². The number of allylic oxidation sites excluding steroid dienone is 9. The van der Waals surface area contributed by atoms with Gasteiger partial charge < -0.3 is 40.3 Å². The Hall–Kier alpha value is -2.11. The van der Waals surface area contributed by atoms with Gasteiger partial charge in [0.15, 0.2) is 6.29 Å². The number of aliphatic hydroxyl groups is 5. The van der Waals surface area contributed by atoms with Crippen LogP contribution < -0.4 is 5.32 Å². The highest BCUT2D eigenvalue weighted by Crippen LogP contribution is 2.23. The number of carbonyl (C=O) groups is 1. The summed E-state index contributed by atoms with van der Waals surface area (Å²) in [6.45, 7) is 3.68. The lowest BCUT2D eigenvalue weighted by Gasteiger charge is -2.40. The van der Waals surface area contributed by atoms with E-state index in [2.05, 4.69) is 67.8 Å². The van der Waals surface area contributed by atoms with Gasteiger partial charge >= 0.3 is 0 Å². The molecule has 7 atom stereocenters. The molecule has 1 amide bonds. The highest BCUT2D eigenvalue weighted by Gasteiger charge is 2.44. The highest BCUT2D eigenvalue weighted by molar-refractivity contribution is 5.76. The molecule has 9 heteroatoms. The topological polar surface area (TPSA) is 149 Å². The first-order chi connectivity index (χ1) is 36.8. The summed E-state index contributed by atoms with van der Waals surface area (Å²) in [6, 6.07) is -0.803. The molecule has 1 fully saturated rings. The minimum atomic E-state index is -1.57. The molecule has 7 unspecified atom stereocenters. The lowest BCUT2D eigenvalue weighted by Crippen LogP contribution is -2.60. The number of nitrogens with one attached hydrogen (secondary N) is 1. The van der Waals surface area contributed by atoms with E-state index in [0.29, 0.717) is 6.42 Å². The third kappa shape index (κ3) is 44.4. The number of hydrogen-bond donors (Lipinski definition) is 6. The van der Waals surface area contributed by atoms with E-state index < -0.39 is 49.5 Å². The van der Waals surface area contributed by atoms with Crippen molar-refractivity contribution in [1.29, 1.82) is 0 Å². The van der Waals surface area contributed by atoms with Crippen molar-refractivity contribution in [3.8, 4) is 0 Å². The van der Waals surface area contributed by atoms with Gasteiger partial charge in [0.25, 0.3) is 0 Å². The van der Waals surface area contributed by atoms with E-state index in [1.165, 1.54) is 212 Å². The van der Waals surface area contributed by atoms with E-state index in [1.54, 1.807) is 6.08 Å². The molecule has 0 bridgehead atoms. The van der Waals surface area contributed by atoms with Crippen LogP contribution >= 0.6 is 0 Å². The fourth-order valence-corrected chi connectivity index (χ4v) is 10.1. The monoisotopic (exact) mass is 1060 g/mol. The van der Waals surface area contributed by atoms with Gasteiger partial charge in [0.05, 0.1) is 25.4 Å². The van der Waals surface area contributed by atoms with Crippen molar-refractivity contribution < 1.29 is 39.8 Å². The average Bonchev–Trinajstić information content (AvgIpc) is 3.41. The Kier molecular flexibility index (Phi) is 52.2. The van der Waals surface area contributed by atoms with Gasteiger partial charge in [0.1, 0.15) is 24.4 Å². The van der Waals surface area contributed by atoms with E-state index in [0.717, 1.165) is 64.2 Å². The van der Waals surface area contributed by atoms with Crippen LogP contribution in [0.3, 0.4) is 0 Å². The SMILES string of the molecule is CC/C=C\C/C=C\C/C=C\C/C=C\CCCCCCCCCCCCCCCCCCCCCCCCCCCCC(=O)NC(COC1OC(CO)C(O)C(O)C1O)C(O)/C=C/CCCCCCCCCCCCC. The minimum absolute atomic E-state index is 0.173. The van der Waals surface area contributed by atoms with Crippen LogP contribution in [-0.2, 0) is 14.3 Å². The molecular weight excluding hydrogens is 935 g/mol. The maximum Gasteiger partial charge on any atom is 0.220 e. The van der Waals surface area contributed by atoms with Crippen molar-refractivity contribution in [2.75, 3.05) is 13.2 Å². The van der Waals surface area contributed by atoms with Crippen molar-refractivity contribution in [3.63, 3.8) is 0 Å². The summed E-state index contributed by atoms with van der Waals surface area (Å²) >= 11 is 0. The molecule has 1 saturated heterocycles. The molecule has 1 aliphatic heterocycles. The van der Waals surface area contributed by atoms with E-state index in [4.69, 9.17) is 9.47 Å². The second kappa shape index (κ2) is 55.2. The van der Waals surface area contributed by atoms with Gasteiger partial charge in [-0.1, -0.05) is 293 Å². The molecule has 0 spiro atoms. The Morgan fingerprint density at radius 3 is 1.23 bits per heavy atom. The summed E-state index contributed by atoms with van der Waals surface area (Å²) in [7, 11) is 0. The molecule has 9 nitrogen and oxygen atoms in total. The number of amides is 1. The van der Waals surface area contributed by atoms with E-state index >= 15 is 0 Å². The molecule has 75 heavy (non-hydrogen) atoms. The zero-order valence-electron chi connectivity index (χ0n) is 48.8. The molecule has 0 aromatic heterocycles.